The number of nitriles is 1. The second kappa shape index (κ2) is 11.4. The van der Waals surface area contributed by atoms with E-state index in [1.807, 2.05) is 0 Å². The molecule has 0 aliphatic carbocycles. The summed E-state index contributed by atoms with van der Waals surface area (Å²) in [5, 5.41) is 15.2. The summed E-state index contributed by atoms with van der Waals surface area (Å²) in [5.74, 6) is -1.53. The molecule has 174 valence electrons. The lowest BCUT2D eigenvalue weighted by Gasteiger charge is -2.05. The third-order valence-electron chi connectivity index (χ3n) is 4.49. The van der Waals surface area contributed by atoms with Crippen molar-refractivity contribution >= 4 is 45.2 Å². The third-order valence-corrected chi connectivity index (χ3v) is 6.57. The Morgan fingerprint density at radius 2 is 2.00 bits per heavy atom. The van der Waals surface area contributed by atoms with Crippen molar-refractivity contribution in [1.82, 2.24) is 4.98 Å². The molecule has 7 nitrogen and oxygen atoms in total. The number of rotatable bonds is 9. The van der Waals surface area contributed by atoms with Crippen LogP contribution in [-0.2, 0) is 9.47 Å². The zero-order chi connectivity index (χ0) is 24.7. The number of nitrogens with zero attached hydrogens (tertiary/aromatic N) is 2. The van der Waals surface area contributed by atoms with E-state index in [1.165, 1.54) is 35.7 Å². The lowest BCUT2D eigenvalue weighted by atomic mass is 10.1. The number of nitrogens with one attached hydrogen (secondary N) is 1. The summed E-state index contributed by atoms with van der Waals surface area (Å²) in [4.78, 5) is 29.7. The molecule has 0 fully saturated rings. The number of allylic oxidation sites excluding steroid dienone is 1. The average molecular weight is 498 g/mol. The zero-order valence-electron chi connectivity index (χ0n) is 18.4. The van der Waals surface area contributed by atoms with E-state index in [0.29, 0.717) is 21.3 Å². The van der Waals surface area contributed by atoms with Crippen molar-refractivity contribution in [2.75, 3.05) is 18.5 Å². The topological polar surface area (TPSA) is 101 Å². The molecule has 2 heterocycles. The molecule has 0 unspecified atom stereocenters. The van der Waals surface area contributed by atoms with Gasteiger partial charge in [-0.25, -0.2) is 19.0 Å². The maximum Gasteiger partial charge on any atom is 0.348 e. The van der Waals surface area contributed by atoms with Crippen LogP contribution in [0.5, 0.6) is 0 Å². The summed E-state index contributed by atoms with van der Waals surface area (Å²) in [6.07, 6.45) is 2.86. The van der Waals surface area contributed by atoms with Crippen LogP contribution in [0.2, 0.25) is 0 Å². The third kappa shape index (κ3) is 5.57. The number of hydrogen-bond donors (Lipinski definition) is 1. The molecular weight excluding hydrogens is 477 g/mol. The summed E-state index contributed by atoms with van der Waals surface area (Å²) >= 11 is 2.27. The number of halogens is 1. The quantitative estimate of drug-likeness (QED) is 0.226. The lowest BCUT2D eigenvalue weighted by molar-refractivity contribution is 0.0527. The van der Waals surface area contributed by atoms with Crippen molar-refractivity contribution in [1.29, 1.82) is 5.26 Å². The Labute approximate surface area is 203 Å². The van der Waals surface area contributed by atoms with Crippen LogP contribution in [0.15, 0.2) is 48.5 Å². The van der Waals surface area contributed by atoms with E-state index in [1.54, 1.807) is 31.4 Å². The van der Waals surface area contributed by atoms with Gasteiger partial charge in [-0.05, 0) is 43.7 Å². The summed E-state index contributed by atoms with van der Waals surface area (Å²) in [6.45, 7) is 7.02. The van der Waals surface area contributed by atoms with E-state index < -0.39 is 11.9 Å². The second-order valence-corrected chi connectivity index (χ2v) is 8.61. The Morgan fingerprint density at radius 3 is 2.65 bits per heavy atom. The van der Waals surface area contributed by atoms with Crippen LogP contribution < -0.4 is 5.32 Å². The van der Waals surface area contributed by atoms with Crippen molar-refractivity contribution in [2.45, 2.75) is 13.8 Å². The van der Waals surface area contributed by atoms with Crippen LogP contribution >= 0.6 is 22.7 Å². The molecule has 0 amide bonds. The monoisotopic (exact) mass is 497 g/mol. The van der Waals surface area contributed by atoms with Crippen LogP contribution in [0, 0.1) is 24.1 Å². The van der Waals surface area contributed by atoms with E-state index >= 15 is 0 Å². The number of aromatic nitrogens is 1. The summed E-state index contributed by atoms with van der Waals surface area (Å²) < 4.78 is 23.4. The first kappa shape index (κ1) is 24.8. The maximum absolute atomic E-state index is 13.2. The number of carbonyl (C=O) groups is 2. The SMILES string of the molecule is C=CCOC(=O)c1sc(N/C=C(/C#N)c2nc(-c3ccc(F)cc3)cs2)c(C(=O)OCC)c1C. The number of hydrogen-bond acceptors (Lipinski definition) is 9. The van der Waals surface area contributed by atoms with Gasteiger partial charge in [0.2, 0.25) is 0 Å². The van der Waals surface area contributed by atoms with Gasteiger partial charge in [0.25, 0.3) is 0 Å². The molecule has 3 aromatic rings. The first-order valence-corrected chi connectivity index (χ1v) is 11.8. The minimum atomic E-state index is -0.596. The Morgan fingerprint density at radius 1 is 1.26 bits per heavy atom. The molecule has 0 atom stereocenters. The molecule has 0 spiro atoms. The molecule has 10 heteroatoms. The maximum atomic E-state index is 13.2. The molecule has 34 heavy (non-hydrogen) atoms. The van der Waals surface area contributed by atoms with Crippen molar-refractivity contribution < 1.29 is 23.5 Å². The number of anilines is 1. The average Bonchev–Trinajstić information content (AvgIpc) is 3.44. The van der Waals surface area contributed by atoms with Crippen molar-refractivity contribution in [3.8, 4) is 17.3 Å². The van der Waals surface area contributed by atoms with E-state index in [-0.39, 0.29) is 35.0 Å². The van der Waals surface area contributed by atoms with Crippen molar-refractivity contribution in [3.05, 3.63) is 75.3 Å². The standard InChI is InChI=1S/C24H20FN3O4S2/c1-4-10-32-24(30)20-14(3)19(23(29)31-5-2)22(34-20)27-12-16(11-26)21-28-18(13-33-21)15-6-8-17(25)9-7-15/h4,6-9,12-13,27H,1,5,10H2,2-3H3/b16-12-. The number of esters is 2. The predicted octanol–water partition coefficient (Wildman–Crippen LogP) is 5.82. The van der Waals surface area contributed by atoms with E-state index in [0.717, 1.165) is 16.9 Å². The van der Waals surface area contributed by atoms with E-state index in [2.05, 4.69) is 22.9 Å². The van der Waals surface area contributed by atoms with Gasteiger partial charge in [-0.3, -0.25) is 0 Å². The smallest absolute Gasteiger partial charge is 0.348 e. The molecule has 0 aliphatic heterocycles. The molecule has 1 aromatic carbocycles. The Balaban J connectivity index is 1.92. The predicted molar refractivity (Wildman–Crippen MR) is 130 cm³/mol. The molecule has 0 bridgehead atoms. The minimum absolute atomic E-state index is 0.0343. The summed E-state index contributed by atoms with van der Waals surface area (Å²) in [5.41, 5.74) is 2.15. The number of thiazole rings is 1. The number of thiophene rings is 1. The molecule has 2 aromatic heterocycles. The Bertz CT molecular complexity index is 1290. The fourth-order valence-electron chi connectivity index (χ4n) is 2.89. The summed E-state index contributed by atoms with van der Waals surface area (Å²) in [7, 11) is 0. The summed E-state index contributed by atoms with van der Waals surface area (Å²) in [6, 6.07) is 7.97. The first-order valence-electron chi connectivity index (χ1n) is 10.1. The van der Waals surface area contributed by atoms with Gasteiger partial charge >= 0.3 is 11.9 Å². The van der Waals surface area contributed by atoms with Crippen molar-refractivity contribution in [3.63, 3.8) is 0 Å². The van der Waals surface area contributed by atoms with Crippen LogP contribution in [0.3, 0.4) is 0 Å². The fraction of sp³-hybridized carbons (Fsp3) is 0.167. The van der Waals surface area contributed by atoms with E-state index in [4.69, 9.17) is 9.47 Å². The molecule has 0 radical (unpaired) electrons. The molecule has 0 aliphatic rings. The highest BCUT2D eigenvalue weighted by Crippen LogP contribution is 2.35. The van der Waals surface area contributed by atoms with Gasteiger partial charge in [0.15, 0.2) is 0 Å². The molecule has 3 rings (SSSR count). The molecular formula is C24H20FN3O4S2. The minimum Gasteiger partial charge on any atom is -0.462 e. The molecule has 0 saturated carbocycles. The fourth-order valence-corrected chi connectivity index (χ4v) is 4.74. The van der Waals surface area contributed by atoms with Gasteiger partial charge in [0.05, 0.1) is 17.9 Å². The second-order valence-electron chi connectivity index (χ2n) is 6.73. The van der Waals surface area contributed by atoms with Gasteiger partial charge in [-0.15, -0.1) is 22.7 Å². The highest BCUT2D eigenvalue weighted by Gasteiger charge is 2.26. The van der Waals surface area contributed by atoms with Crippen LogP contribution in [0.4, 0.5) is 9.39 Å². The van der Waals surface area contributed by atoms with Gasteiger partial charge in [-0.1, -0.05) is 12.7 Å². The van der Waals surface area contributed by atoms with Gasteiger partial charge in [0.1, 0.15) is 39.0 Å². The normalized spacial score (nSPS) is 10.9. The largest absolute Gasteiger partial charge is 0.462 e. The highest BCUT2D eigenvalue weighted by molar-refractivity contribution is 7.18. The number of ether oxygens (including phenoxy) is 2. The zero-order valence-corrected chi connectivity index (χ0v) is 20.0. The highest BCUT2D eigenvalue weighted by atomic mass is 32.1. The van der Waals surface area contributed by atoms with Gasteiger partial charge in [0, 0.05) is 17.1 Å². The number of benzene rings is 1. The number of carbonyl (C=O) groups excluding carboxylic acids is 2. The van der Waals surface area contributed by atoms with Crippen LogP contribution in [0.1, 0.15) is 37.5 Å². The Kier molecular flexibility index (Phi) is 8.29. The van der Waals surface area contributed by atoms with Crippen molar-refractivity contribution in [2.24, 2.45) is 0 Å². The van der Waals surface area contributed by atoms with Crippen LogP contribution in [0.25, 0.3) is 16.8 Å². The van der Waals surface area contributed by atoms with E-state index in [9.17, 15) is 19.2 Å². The Hall–Kier alpha value is -3.81. The molecule has 1 N–H and O–H groups in total. The van der Waals surface area contributed by atoms with Gasteiger partial charge in [-0.2, -0.15) is 5.26 Å². The first-order chi connectivity index (χ1) is 16.4. The lowest BCUT2D eigenvalue weighted by Crippen LogP contribution is -2.09. The van der Waals surface area contributed by atoms with Gasteiger partial charge < -0.3 is 14.8 Å². The van der Waals surface area contributed by atoms with Crippen LogP contribution in [-0.4, -0.2) is 30.1 Å². The molecule has 0 saturated heterocycles.